The molecule has 1 heterocycles. The fourth-order valence-corrected chi connectivity index (χ4v) is 2.48. The Morgan fingerprint density at radius 1 is 1.32 bits per heavy atom. The monoisotopic (exact) mass is 304 g/mol. The van der Waals surface area contributed by atoms with Gasteiger partial charge < -0.3 is 15.4 Å². The van der Waals surface area contributed by atoms with E-state index in [-0.39, 0.29) is 17.8 Å². The first-order valence-electron chi connectivity index (χ1n) is 7.27. The number of carbonyl (C=O) groups excluding carboxylic acids is 1. The van der Waals surface area contributed by atoms with Crippen molar-refractivity contribution in [3.8, 4) is 0 Å². The first kappa shape index (κ1) is 16.2. The lowest BCUT2D eigenvalue weighted by molar-refractivity contribution is 0.0912. The number of hydrogen-bond acceptors (Lipinski definition) is 2. The molecule has 2 rings (SSSR count). The molecule has 22 heavy (non-hydrogen) atoms. The van der Waals surface area contributed by atoms with E-state index >= 15 is 0 Å². The van der Waals surface area contributed by atoms with Gasteiger partial charge in [0.05, 0.1) is 6.10 Å². The highest BCUT2D eigenvalue weighted by Gasteiger charge is 2.17. The van der Waals surface area contributed by atoms with Crippen LogP contribution in [0.5, 0.6) is 0 Å². The molecule has 0 aliphatic rings. The number of amides is 1. The van der Waals surface area contributed by atoms with Crippen molar-refractivity contribution in [1.29, 1.82) is 0 Å². The van der Waals surface area contributed by atoms with E-state index in [2.05, 4.69) is 10.3 Å². The van der Waals surface area contributed by atoms with Gasteiger partial charge in [0.25, 0.3) is 5.91 Å². The lowest BCUT2D eigenvalue weighted by Crippen LogP contribution is -2.34. The second-order valence-corrected chi connectivity index (χ2v) is 5.69. The molecule has 0 saturated heterocycles. The standard InChI is InChI=1S/C17H21FN2O2/c1-10-8-11(2)19-16(10)17(22)20-12(3)9-15(21)13-4-6-14(18)7-5-13/h4-8,12,15,19,21H,9H2,1-3H3,(H,20,22). The molecule has 1 aromatic carbocycles. The third kappa shape index (κ3) is 3.95. The lowest BCUT2D eigenvalue weighted by Gasteiger charge is -2.18. The first-order chi connectivity index (χ1) is 10.4. The zero-order chi connectivity index (χ0) is 16.3. The van der Waals surface area contributed by atoms with Crippen LogP contribution in [0.3, 0.4) is 0 Å². The summed E-state index contributed by atoms with van der Waals surface area (Å²) in [6, 6.07) is 7.42. The predicted molar refractivity (Wildman–Crippen MR) is 83.2 cm³/mol. The summed E-state index contributed by atoms with van der Waals surface area (Å²) in [5, 5.41) is 13.0. The molecule has 2 atom stereocenters. The van der Waals surface area contributed by atoms with Crippen molar-refractivity contribution in [3.63, 3.8) is 0 Å². The molecule has 3 N–H and O–H groups in total. The average molecular weight is 304 g/mol. The van der Waals surface area contributed by atoms with E-state index in [0.29, 0.717) is 17.7 Å². The van der Waals surface area contributed by atoms with Gasteiger partial charge in [-0.05, 0) is 56.5 Å². The second-order valence-electron chi connectivity index (χ2n) is 5.69. The van der Waals surface area contributed by atoms with Crippen LogP contribution in [0.15, 0.2) is 30.3 Å². The summed E-state index contributed by atoms with van der Waals surface area (Å²) < 4.78 is 12.9. The van der Waals surface area contributed by atoms with Crippen molar-refractivity contribution in [2.24, 2.45) is 0 Å². The third-order valence-corrected chi connectivity index (χ3v) is 3.59. The number of aliphatic hydroxyl groups excluding tert-OH is 1. The van der Waals surface area contributed by atoms with Crippen molar-refractivity contribution in [1.82, 2.24) is 10.3 Å². The van der Waals surface area contributed by atoms with Crippen LogP contribution in [0.1, 0.15) is 46.8 Å². The minimum Gasteiger partial charge on any atom is -0.388 e. The third-order valence-electron chi connectivity index (χ3n) is 3.59. The Kier molecular flexibility index (Phi) is 4.98. The Morgan fingerprint density at radius 2 is 1.95 bits per heavy atom. The van der Waals surface area contributed by atoms with Crippen LogP contribution in [-0.4, -0.2) is 22.0 Å². The molecule has 0 radical (unpaired) electrons. The maximum absolute atomic E-state index is 12.9. The fourth-order valence-electron chi connectivity index (χ4n) is 2.48. The Balaban J connectivity index is 1.94. The number of rotatable bonds is 5. The molecular weight excluding hydrogens is 283 g/mol. The number of aryl methyl sites for hydroxylation is 2. The van der Waals surface area contributed by atoms with Crippen molar-refractivity contribution in [2.75, 3.05) is 0 Å². The molecule has 1 aromatic heterocycles. The summed E-state index contributed by atoms with van der Waals surface area (Å²) >= 11 is 0. The van der Waals surface area contributed by atoms with Crippen molar-refractivity contribution < 1.29 is 14.3 Å². The van der Waals surface area contributed by atoms with Crippen LogP contribution in [-0.2, 0) is 0 Å². The van der Waals surface area contributed by atoms with E-state index in [0.717, 1.165) is 11.3 Å². The molecule has 0 bridgehead atoms. The number of carbonyl (C=O) groups is 1. The first-order valence-corrected chi connectivity index (χ1v) is 7.27. The van der Waals surface area contributed by atoms with Gasteiger partial charge in [0.2, 0.25) is 0 Å². The van der Waals surface area contributed by atoms with Crippen molar-refractivity contribution >= 4 is 5.91 Å². The summed E-state index contributed by atoms with van der Waals surface area (Å²) in [5.41, 5.74) is 3.00. The smallest absolute Gasteiger partial charge is 0.268 e. The molecule has 0 saturated carbocycles. The quantitative estimate of drug-likeness (QED) is 0.795. The number of aliphatic hydroxyl groups is 1. The van der Waals surface area contributed by atoms with Gasteiger partial charge >= 0.3 is 0 Å². The van der Waals surface area contributed by atoms with Gasteiger partial charge in [0.15, 0.2) is 0 Å². The SMILES string of the molecule is Cc1cc(C)c(C(=O)NC(C)CC(O)c2ccc(F)cc2)[nH]1. The van der Waals surface area contributed by atoms with Crippen LogP contribution >= 0.6 is 0 Å². The normalized spacial score (nSPS) is 13.7. The molecule has 0 aliphatic carbocycles. The number of hydrogen-bond donors (Lipinski definition) is 3. The van der Waals surface area contributed by atoms with Crippen LogP contribution in [0.4, 0.5) is 4.39 Å². The summed E-state index contributed by atoms with van der Waals surface area (Å²) in [6.45, 7) is 5.59. The fraction of sp³-hybridized carbons (Fsp3) is 0.353. The summed E-state index contributed by atoms with van der Waals surface area (Å²) in [7, 11) is 0. The highest BCUT2D eigenvalue weighted by atomic mass is 19.1. The van der Waals surface area contributed by atoms with Gasteiger partial charge in [-0.2, -0.15) is 0 Å². The molecule has 0 fully saturated rings. The van der Waals surface area contributed by atoms with E-state index in [1.165, 1.54) is 12.1 Å². The molecular formula is C17H21FN2O2. The predicted octanol–water partition coefficient (Wildman–Crippen LogP) is 3.01. The molecule has 1 amide bonds. The Bertz CT molecular complexity index is 649. The highest BCUT2D eigenvalue weighted by molar-refractivity contribution is 5.94. The number of aromatic amines is 1. The molecule has 118 valence electrons. The number of H-pyrrole nitrogens is 1. The minimum absolute atomic E-state index is 0.190. The summed E-state index contributed by atoms with van der Waals surface area (Å²) in [6.07, 6.45) is -0.391. The Labute approximate surface area is 129 Å². The Hall–Kier alpha value is -2.14. The molecule has 2 unspecified atom stereocenters. The largest absolute Gasteiger partial charge is 0.388 e. The van der Waals surface area contributed by atoms with Crippen molar-refractivity contribution in [3.05, 3.63) is 58.7 Å². The van der Waals surface area contributed by atoms with E-state index in [1.54, 1.807) is 12.1 Å². The van der Waals surface area contributed by atoms with E-state index in [4.69, 9.17) is 0 Å². The van der Waals surface area contributed by atoms with Crippen LogP contribution in [0.25, 0.3) is 0 Å². The molecule has 5 heteroatoms. The summed E-state index contributed by atoms with van der Waals surface area (Å²) in [5.74, 6) is -0.528. The van der Waals surface area contributed by atoms with Gasteiger partial charge in [0.1, 0.15) is 11.5 Å². The van der Waals surface area contributed by atoms with E-state index in [1.807, 2.05) is 26.8 Å². The number of benzene rings is 1. The van der Waals surface area contributed by atoms with Crippen LogP contribution in [0.2, 0.25) is 0 Å². The number of aromatic nitrogens is 1. The molecule has 4 nitrogen and oxygen atoms in total. The maximum Gasteiger partial charge on any atom is 0.268 e. The maximum atomic E-state index is 12.9. The van der Waals surface area contributed by atoms with Gasteiger partial charge in [-0.25, -0.2) is 4.39 Å². The van der Waals surface area contributed by atoms with E-state index in [9.17, 15) is 14.3 Å². The lowest BCUT2D eigenvalue weighted by atomic mass is 10.0. The minimum atomic E-state index is -0.748. The summed E-state index contributed by atoms with van der Waals surface area (Å²) in [4.78, 5) is 15.2. The van der Waals surface area contributed by atoms with Gasteiger partial charge in [-0.1, -0.05) is 12.1 Å². The zero-order valence-corrected chi connectivity index (χ0v) is 13.0. The Morgan fingerprint density at radius 3 is 2.50 bits per heavy atom. The topological polar surface area (TPSA) is 65.1 Å². The van der Waals surface area contributed by atoms with Gasteiger partial charge in [-0.3, -0.25) is 4.79 Å². The average Bonchev–Trinajstić information content (AvgIpc) is 2.78. The number of nitrogens with one attached hydrogen (secondary N) is 2. The van der Waals surface area contributed by atoms with Crippen molar-refractivity contribution in [2.45, 2.75) is 39.3 Å². The van der Waals surface area contributed by atoms with Crippen LogP contribution in [0, 0.1) is 19.7 Å². The molecule has 2 aromatic rings. The second kappa shape index (κ2) is 6.75. The zero-order valence-electron chi connectivity index (χ0n) is 13.0. The number of halogens is 1. The van der Waals surface area contributed by atoms with Gasteiger partial charge in [0, 0.05) is 11.7 Å². The van der Waals surface area contributed by atoms with E-state index < -0.39 is 6.10 Å². The van der Waals surface area contributed by atoms with Gasteiger partial charge in [-0.15, -0.1) is 0 Å². The highest BCUT2D eigenvalue weighted by Crippen LogP contribution is 2.19. The van der Waals surface area contributed by atoms with Crippen LogP contribution < -0.4 is 5.32 Å². The molecule has 0 aliphatic heterocycles. The molecule has 0 spiro atoms.